The second-order valence-corrected chi connectivity index (χ2v) is 7.13. The molecule has 1 heterocycles. The van der Waals surface area contributed by atoms with Gasteiger partial charge in [0.1, 0.15) is 29.9 Å². The van der Waals surface area contributed by atoms with Gasteiger partial charge in [0.25, 0.3) is 0 Å². The molecule has 0 aliphatic carbocycles. The van der Waals surface area contributed by atoms with Crippen molar-refractivity contribution in [3.63, 3.8) is 0 Å². The van der Waals surface area contributed by atoms with Crippen LogP contribution in [0.25, 0.3) is 0 Å². The van der Waals surface area contributed by atoms with E-state index in [1.165, 1.54) is 23.4 Å². The van der Waals surface area contributed by atoms with Gasteiger partial charge in [-0.1, -0.05) is 36.4 Å². The maximum absolute atomic E-state index is 14.6. The first kappa shape index (κ1) is 20.8. The SMILES string of the molecule is C=CCN(Cc1ccccc1C)C[C@@](O)(Cn1cncn1)c1ccc(F)cc1F. The second-order valence-electron chi connectivity index (χ2n) is 7.13. The van der Waals surface area contributed by atoms with Gasteiger partial charge in [-0.15, -0.1) is 6.58 Å². The molecule has 2 aromatic carbocycles. The fourth-order valence-corrected chi connectivity index (χ4v) is 3.44. The highest BCUT2D eigenvalue weighted by Crippen LogP contribution is 2.28. The second kappa shape index (κ2) is 9.07. The fourth-order valence-electron chi connectivity index (χ4n) is 3.44. The van der Waals surface area contributed by atoms with E-state index in [1.807, 2.05) is 36.1 Å². The van der Waals surface area contributed by atoms with Crippen LogP contribution in [-0.2, 0) is 18.7 Å². The predicted molar refractivity (Wildman–Crippen MR) is 107 cm³/mol. The summed E-state index contributed by atoms with van der Waals surface area (Å²) in [6.45, 7) is 6.90. The van der Waals surface area contributed by atoms with Crippen LogP contribution in [0.2, 0.25) is 0 Å². The van der Waals surface area contributed by atoms with Crippen LogP contribution in [0, 0.1) is 18.6 Å². The Morgan fingerprint density at radius 1 is 1.24 bits per heavy atom. The minimum Gasteiger partial charge on any atom is -0.382 e. The van der Waals surface area contributed by atoms with Crippen molar-refractivity contribution in [3.05, 3.63) is 96.1 Å². The Labute approximate surface area is 168 Å². The molecule has 0 saturated heterocycles. The van der Waals surface area contributed by atoms with E-state index in [0.717, 1.165) is 23.3 Å². The summed E-state index contributed by atoms with van der Waals surface area (Å²) < 4.78 is 29.5. The van der Waals surface area contributed by atoms with Crippen molar-refractivity contribution in [1.82, 2.24) is 19.7 Å². The van der Waals surface area contributed by atoms with E-state index in [-0.39, 0.29) is 18.7 Å². The first-order chi connectivity index (χ1) is 13.9. The quantitative estimate of drug-likeness (QED) is 0.561. The summed E-state index contributed by atoms with van der Waals surface area (Å²) in [6, 6.07) is 11.1. The Kier molecular flexibility index (Phi) is 6.51. The molecule has 3 rings (SSSR count). The summed E-state index contributed by atoms with van der Waals surface area (Å²) in [5, 5.41) is 15.6. The molecule has 0 aliphatic rings. The van der Waals surface area contributed by atoms with Crippen molar-refractivity contribution in [1.29, 1.82) is 0 Å². The van der Waals surface area contributed by atoms with Gasteiger partial charge in [0.2, 0.25) is 0 Å². The Hall–Kier alpha value is -2.90. The van der Waals surface area contributed by atoms with Crippen molar-refractivity contribution in [2.45, 2.75) is 25.6 Å². The lowest BCUT2D eigenvalue weighted by atomic mass is 9.92. The lowest BCUT2D eigenvalue weighted by Crippen LogP contribution is -2.44. The van der Waals surface area contributed by atoms with E-state index in [0.29, 0.717) is 13.1 Å². The van der Waals surface area contributed by atoms with E-state index in [1.54, 1.807) is 6.08 Å². The number of aromatic nitrogens is 3. The van der Waals surface area contributed by atoms with Crippen LogP contribution >= 0.6 is 0 Å². The number of rotatable bonds is 9. The third kappa shape index (κ3) is 5.13. The van der Waals surface area contributed by atoms with Gasteiger partial charge in [0.05, 0.1) is 6.54 Å². The number of hydrogen-bond donors (Lipinski definition) is 1. The monoisotopic (exact) mass is 398 g/mol. The molecule has 0 saturated carbocycles. The fraction of sp³-hybridized carbons (Fsp3) is 0.273. The molecule has 0 spiro atoms. The van der Waals surface area contributed by atoms with Crippen LogP contribution in [0.3, 0.4) is 0 Å². The van der Waals surface area contributed by atoms with Crippen molar-refractivity contribution < 1.29 is 13.9 Å². The Bertz CT molecular complexity index is 961. The van der Waals surface area contributed by atoms with Crippen LogP contribution in [0.1, 0.15) is 16.7 Å². The zero-order valence-electron chi connectivity index (χ0n) is 16.3. The topological polar surface area (TPSA) is 54.2 Å². The van der Waals surface area contributed by atoms with Crippen LogP contribution in [0.5, 0.6) is 0 Å². The van der Waals surface area contributed by atoms with Crippen molar-refractivity contribution >= 4 is 0 Å². The van der Waals surface area contributed by atoms with Crippen LogP contribution in [0.4, 0.5) is 8.78 Å². The molecule has 3 aromatic rings. The Morgan fingerprint density at radius 3 is 2.69 bits per heavy atom. The van der Waals surface area contributed by atoms with Crippen LogP contribution in [0.15, 0.2) is 67.8 Å². The molecular weight excluding hydrogens is 374 g/mol. The van der Waals surface area contributed by atoms with Crippen molar-refractivity contribution in [3.8, 4) is 0 Å². The summed E-state index contributed by atoms with van der Waals surface area (Å²) in [6.07, 6.45) is 4.52. The summed E-state index contributed by atoms with van der Waals surface area (Å²) >= 11 is 0. The maximum atomic E-state index is 14.6. The van der Waals surface area contributed by atoms with Gasteiger partial charge in [-0.05, 0) is 24.1 Å². The molecule has 0 bridgehead atoms. The van der Waals surface area contributed by atoms with Crippen LogP contribution in [-0.4, -0.2) is 37.9 Å². The lowest BCUT2D eigenvalue weighted by Gasteiger charge is -2.34. The molecule has 0 radical (unpaired) electrons. The first-order valence-electron chi connectivity index (χ1n) is 9.29. The highest BCUT2D eigenvalue weighted by Gasteiger charge is 2.35. The standard InChI is InChI=1S/C22H24F2N4O/c1-3-10-27(12-18-7-5-4-6-17(18)2)13-22(29,14-28-16-25-15-26-28)20-9-8-19(23)11-21(20)24/h3-9,11,15-16,29H,1,10,12-14H2,2H3/t22-/m1/s1. The van der Waals surface area contributed by atoms with E-state index in [4.69, 9.17) is 0 Å². The van der Waals surface area contributed by atoms with Gasteiger partial charge in [-0.25, -0.2) is 18.4 Å². The van der Waals surface area contributed by atoms with Crippen molar-refractivity contribution in [2.75, 3.05) is 13.1 Å². The van der Waals surface area contributed by atoms with E-state index in [9.17, 15) is 13.9 Å². The zero-order chi connectivity index (χ0) is 20.9. The molecule has 0 amide bonds. The van der Waals surface area contributed by atoms with E-state index < -0.39 is 17.2 Å². The third-order valence-corrected chi connectivity index (χ3v) is 4.85. The summed E-state index contributed by atoms with van der Waals surface area (Å²) in [4.78, 5) is 5.86. The molecule has 0 aliphatic heterocycles. The number of aliphatic hydroxyl groups is 1. The summed E-state index contributed by atoms with van der Waals surface area (Å²) in [5.41, 5.74) is 0.566. The lowest BCUT2D eigenvalue weighted by molar-refractivity contribution is -0.0210. The van der Waals surface area contributed by atoms with Gasteiger partial charge in [0, 0.05) is 31.3 Å². The summed E-state index contributed by atoms with van der Waals surface area (Å²) in [5.74, 6) is -1.50. The number of nitrogens with zero attached hydrogens (tertiary/aromatic N) is 4. The zero-order valence-corrected chi connectivity index (χ0v) is 16.3. The maximum Gasteiger partial charge on any atom is 0.137 e. The molecule has 1 atom stereocenters. The summed E-state index contributed by atoms with van der Waals surface area (Å²) in [7, 11) is 0. The number of halogens is 2. The molecular formula is C22H24F2N4O. The van der Waals surface area contributed by atoms with E-state index >= 15 is 0 Å². The molecule has 1 aromatic heterocycles. The number of aryl methyl sites for hydroxylation is 1. The molecule has 7 heteroatoms. The Morgan fingerprint density at radius 2 is 2.03 bits per heavy atom. The number of hydrogen-bond acceptors (Lipinski definition) is 4. The van der Waals surface area contributed by atoms with Gasteiger partial charge >= 0.3 is 0 Å². The van der Waals surface area contributed by atoms with Gasteiger partial charge in [-0.3, -0.25) is 4.90 Å². The average Bonchev–Trinajstić information content (AvgIpc) is 3.16. The Balaban J connectivity index is 1.95. The molecule has 29 heavy (non-hydrogen) atoms. The first-order valence-corrected chi connectivity index (χ1v) is 9.29. The minimum atomic E-state index is -1.66. The third-order valence-electron chi connectivity index (χ3n) is 4.85. The van der Waals surface area contributed by atoms with Crippen LogP contribution < -0.4 is 0 Å². The average molecular weight is 398 g/mol. The predicted octanol–water partition coefficient (Wildman–Crippen LogP) is 3.44. The smallest absolute Gasteiger partial charge is 0.137 e. The molecule has 0 unspecified atom stereocenters. The largest absolute Gasteiger partial charge is 0.382 e. The normalized spacial score (nSPS) is 13.4. The van der Waals surface area contributed by atoms with E-state index in [2.05, 4.69) is 16.7 Å². The number of benzene rings is 2. The molecule has 5 nitrogen and oxygen atoms in total. The highest BCUT2D eigenvalue weighted by molar-refractivity contribution is 5.27. The van der Waals surface area contributed by atoms with Gasteiger partial charge in [-0.2, -0.15) is 5.10 Å². The highest BCUT2D eigenvalue weighted by atomic mass is 19.1. The molecule has 0 fully saturated rings. The van der Waals surface area contributed by atoms with Gasteiger partial charge < -0.3 is 5.11 Å². The molecule has 1 N–H and O–H groups in total. The minimum absolute atomic E-state index is 0.00764. The van der Waals surface area contributed by atoms with Crippen molar-refractivity contribution in [2.24, 2.45) is 0 Å². The van der Waals surface area contributed by atoms with Gasteiger partial charge in [0.15, 0.2) is 0 Å². The molecule has 152 valence electrons.